The molecule has 1 rings (SSSR count). The van der Waals surface area contributed by atoms with Crippen molar-refractivity contribution in [3.05, 3.63) is 16.4 Å². The molecular formula is C16H30ClN3. The Balaban J connectivity index is 2.65. The summed E-state index contributed by atoms with van der Waals surface area (Å²) in [4.78, 5) is 0. The predicted octanol–water partition coefficient (Wildman–Crippen LogP) is 4.08. The van der Waals surface area contributed by atoms with Gasteiger partial charge in [-0.2, -0.15) is 5.10 Å². The summed E-state index contributed by atoms with van der Waals surface area (Å²) in [7, 11) is 0. The van der Waals surface area contributed by atoms with Gasteiger partial charge in [0, 0.05) is 12.6 Å². The van der Waals surface area contributed by atoms with Gasteiger partial charge in [0.2, 0.25) is 0 Å². The van der Waals surface area contributed by atoms with Crippen molar-refractivity contribution in [2.24, 2.45) is 5.92 Å². The second-order valence-corrected chi connectivity index (χ2v) is 6.15. The van der Waals surface area contributed by atoms with E-state index in [9.17, 15) is 0 Å². The first kappa shape index (κ1) is 17.5. The van der Waals surface area contributed by atoms with E-state index in [1.807, 2.05) is 0 Å². The number of hydrogen-bond acceptors (Lipinski definition) is 2. The van der Waals surface area contributed by atoms with Gasteiger partial charge in [-0.15, -0.1) is 0 Å². The van der Waals surface area contributed by atoms with Crippen LogP contribution in [0.15, 0.2) is 0 Å². The Morgan fingerprint density at radius 3 is 2.50 bits per heavy atom. The van der Waals surface area contributed by atoms with Crippen molar-refractivity contribution in [1.29, 1.82) is 0 Å². The third kappa shape index (κ3) is 4.78. The highest BCUT2D eigenvalue weighted by molar-refractivity contribution is 6.31. The molecule has 0 amide bonds. The number of halogens is 1. The topological polar surface area (TPSA) is 29.9 Å². The predicted molar refractivity (Wildman–Crippen MR) is 87.5 cm³/mol. The number of rotatable bonds is 9. The minimum atomic E-state index is 0.562. The van der Waals surface area contributed by atoms with Crippen molar-refractivity contribution < 1.29 is 0 Å². The Morgan fingerprint density at radius 2 is 1.95 bits per heavy atom. The molecule has 0 bridgehead atoms. The molecule has 0 aromatic carbocycles. The number of nitrogens with one attached hydrogen (secondary N) is 1. The lowest BCUT2D eigenvalue weighted by Crippen LogP contribution is -2.29. The lowest BCUT2D eigenvalue weighted by atomic mass is 9.97. The minimum absolute atomic E-state index is 0.562. The lowest BCUT2D eigenvalue weighted by Gasteiger charge is -2.19. The highest BCUT2D eigenvalue weighted by Gasteiger charge is 2.17. The van der Waals surface area contributed by atoms with Gasteiger partial charge in [-0.3, -0.25) is 4.68 Å². The first-order valence-corrected chi connectivity index (χ1v) is 8.38. The fraction of sp³-hybridized carbons (Fsp3) is 0.812. The summed E-state index contributed by atoms with van der Waals surface area (Å²) in [5.41, 5.74) is 2.24. The van der Waals surface area contributed by atoms with Crippen LogP contribution in [0.4, 0.5) is 0 Å². The number of hydrogen-bond donors (Lipinski definition) is 1. The van der Waals surface area contributed by atoms with Crippen molar-refractivity contribution in [1.82, 2.24) is 15.1 Å². The van der Waals surface area contributed by atoms with Crippen molar-refractivity contribution >= 4 is 11.6 Å². The van der Waals surface area contributed by atoms with E-state index in [1.54, 1.807) is 0 Å². The molecule has 0 fully saturated rings. The largest absolute Gasteiger partial charge is 0.314 e. The first-order valence-electron chi connectivity index (χ1n) is 8.00. The van der Waals surface area contributed by atoms with Gasteiger partial charge in [0.15, 0.2) is 0 Å². The Hall–Kier alpha value is -0.540. The van der Waals surface area contributed by atoms with Crippen LogP contribution in [0.5, 0.6) is 0 Å². The van der Waals surface area contributed by atoms with Gasteiger partial charge in [-0.1, -0.05) is 32.4 Å². The fourth-order valence-corrected chi connectivity index (χ4v) is 3.05. The molecule has 0 saturated carbocycles. The van der Waals surface area contributed by atoms with E-state index < -0.39 is 0 Å². The maximum absolute atomic E-state index is 6.47. The van der Waals surface area contributed by atoms with E-state index in [0.717, 1.165) is 36.6 Å². The van der Waals surface area contributed by atoms with Crippen molar-refractivity contribution in [2.45, 2.75) is 72.9 Å². The zero-order chi connectivity index (χ0) is 15.1. The zero-order valence-corrected chi connectivity index (χ0v) is 14.4. The van der Waals surface area contributed by atoms with E-state index >= 15 is 0 Å². The van der Waals surface area contributed by atoms with E-state index in [4.69, 9.17) is 11.6 Å². The van der Waals surface area contributed by atoms with Crippen molar-refractivity contribution in [3.8, 4) is 0 Å². The van der Waals surface area contributed by atoms with Gasteiger partial charge in [-0.25, -0.2) is 0 Å². The summed E-state index contributed by atoms with van der Waals surface area (Å²) < 4.78 is 2.07. The van der Waals surface area contributed by atoms with Gasteiger partial charge < -0.3 is 5.32 Å². The molecule has 0 aliphatic heterocycles. The van der Waals surface area contributed by atoms with Gasteiger partial charge in [0.1, 0.15) is 0 Å². The number of aromatic nitrogens is 2. The standard InChI is InChI=1S/C16H30ClN3/c1-6-9-18-13(5)10-12(4)11-15-16(17)14(7-2)19-20(15)8-3/h12-13,18H,6-11H2,1-5H3. The molecule has 3 nitrogen and oxygen atoms in total. The van der Waals surface area contributed by atoms with Crippen LogP contribution in [-0.2, 0) is 19.4 Å². The fourth-order valence-electron chi connectivity index (χ4n) is 2.70. The quantitative estimate of drug-likeness (QED) is 0.745. The third-order valence-electron chi connectivity index (χ3n) is 3.73. The van der Waals surface area contributed by atoms with Crippen LogP contribution in [0.3, 0.4) is 0 Å². The average Bonchev–Trinajstić information content (AvgIpc) is 2.72. The summed E-state index contributed by atoms with van der Waals surface area (Å²) in [6.45, 7) is 13.0. The molecule has 0 saturated heterocycles. The van der Waals surface area contributed by atoms with Crippen LogP contribution >= 0.6 is 11.6 Å². The smallest absolute Gasteiger partial charge is 0.0849 e. The average molecular weight is 300 g/mol. The van der Waals surface area contributed by atoms with E-state index in [1.165, 1.54) is 18.5 Å². The van der Waals surface area contributed by atoms with Gasteiger partial charge in [0.25, 0.3) is 0 Å². The molecule has 1 aromatic rings. The van der Waals surface area contributed by atoms with Crippen LogP contribution in [0.2, 0.25) is 5.02 Å². The highest BCUT2D eigenvalue weighted by Crippen LogP contribution is 2.25. The van der Waals surface area contributed by atoms with Crippen molar-refractivity contribution in [2.75, 3.05) is 6.54 Å². The third-order valence-corrected chi connectivity index (χ3v) is 4.17. The summed E-state index contributed by atoms with van der Waals surface area (Å²) >= 11 is 6.47. The van der Waals surface area contributed by atoms with Gasteiger partial charge >= 0.3 is 0 Å². The highest BCUT2D eigenvalue weighted by atomic mass is 35.5. The molecule has 1 N–H and O–H groups in total. The van der Waals surface area contributed by atoms with Crippen molar-refractivity contribution in [3.63, 3.8) is 0 Å². The SMILES string of the molecule is CCCNC(C)CC(C)Cc1c(Cl)c(CC)nn1CC. The maximum Gasteiger partial charge on any atom is 0.0849 e. The van der Waals surface area contributed by atoms with Crippen LogP contribution in [0.1, 0.15) is 58.8 Å². The molecule has 2 atom stereocenters. The number of nitrogens with zero attached hydrogens (tertiary/aromatic N) is 2. The molecule has 0 radical (unpaired) electrons. The van der Waals surface area contributed by atoms with Crippen LogP contribution in [-0.4, -0.2) is 22.4 Å². The Kier molecular flexibility index (Phi) is 7.60. The van der Waals surface area contributed by atoms with Gasteiger partial charge in [0.05, 0.1) is 16.4 Å². The molecule has 2 unspecified atom stereocenters. The molecule has 0 aliphatic carbocycles. The second-order valence-electron chi connectivity index (χ2n) is 5.78. The van der Waals surface area contributed by atoms with E-state index in [-0.39, 0.29) is 0 Å². The van der Waals surface area contributed by atoms with Crippen LogP contribution in [0.25, 0.3) is 0 Å². The summed E-state index contributed by atoms with van der Waals surface area (Å²) in [6.07, 6.45) is 4.28. The molecule has 0 aliphatic rings. The monoisotopic (exact) mass is 299 g/mol. The van der Waals surface area contributed by atoms with Crippen LogP contribution < -0.4 is 5.32 Å². The Morgan fingerprint density at radius 1 is 1.25 bits per heavy atom. The van der Waals surface area contributed by atoms with Crippen LogP contribution in [0, 0.1) is 5.92 Å². The molecule has 20 heavy (non-hydrogen) atoms. The molecule has 116 valence electrons. The summed E-state index contributed by atoms with van der Waals surface area (Å²) in [5.74, 6) is 0.610. The Bertz CT molecular complexity index is 401. The minimum Gasteiger partial charge on any atom is -0.314 e. The zero-order valence-electron chi connectivity index (χ0n) is 13.7. The van der Waals surface area contributed by atoms with E-state index in [2.05, 4.69) is 49.7 Å². The maximum atomic E-state index is 6.47. The normalized spacial score (nSPS) is 14.5. The molecule has 4 heteroatoms. The summed E-state index contributed by atoms with van der Waals surface area (Å²) in [6, 6.07) is 0.562. The molecule has 1 heterocycles. The molecule has 1 aromatic heterocycles. The molecular weight excluding hydrogens is 270 g/mol. The van der Waals surface area contributed by atoms with E-state index in [0.29, 0.717) is 12.0 Å². The molecule has 0 spiro atoms. The Labute approximate surface area is 129 Å². The second kappa shape index (κ2) is 8.68. The van der Waals surface area contributed by atoms with Gasteiger partial charge in [-0.05, 0) is 52.0 Å². The number of aryl methyl sites for hydroxylation is 2. The lowest BCUT2D eigenvalue weighted by molar-refractivity contribution is 0.411. The summed E-state index contributed by atoms with van der Waals surface area (Å²) in [5, 5.41) is 9.04. The first-order chi connectivity index (χ1) is 9.53.